The van der Waals surface area contributed by atoms with E-state index in [9.17, 15) is 24.3 Å². The third-order valence-electron chi connectivity index (χ3n) is 9.28. The number of ether oxygens (including phenoxy) is 8. The monoisotopic (exact) mass is 1110 g/mol. The Bertz CT molecular complexity index is 1410. The fourth-order valence-corrected chi connectivity index (χ4v) is 5.18. The van der Waals surface area contributed by atoms with Crippen LogP contribution in [-0.4, -0.2) is 189 Å². The van der Waals surface area contributed by atoms with Crippen LogP contribution in [0.2, 0.25) is 5.82 Å². The van der Waals surface area contributed by atoms with Crippen molar-refractivity contribution in [2.45, 2.75) is 197 Å². The summed E-state index contributed by atoms with van der Waals surface area (Å²) in [7, 11) is 9.85. The largest absolute Gasteiger partial charge is 0.465 e. The second kappa shape index (κ2) is 41.3. The predicted octanol–water partition coefficient (Wildman–Crippen LogP) is 4.54. The third-order valence-corrected chi connectivity index (χ3v) is 9.67. The molecule has 0 aliphatic carbocycles. The highest BCUT2D eigenvalue weighted by Gasteiger charge is 2.34. The molecule has 0 bridgehead atoms. The quantitative estimate of drug-likeness (QED) is 0.0339. The number of carbonyl (C=O) groups is 4. The van der Waals surface area contributed by atoms with E-state index in [0.29, 0.717) is 58.7 Å². The van der Waals surface area contributed by atoms with Crippen LogP contribution >= 0.6 is 18.9 Å². The van der Waals surface area contributed by atoms with E-state index in [1.165, 1.54) is 0 Å². The topological polar surface area (TPSA) is 302 Å². The Morgan fingerprint density at radius 1 is 0.514 bits per heavy atom. The summed E-state index contributed by atoms with van der Waals surface area (Å²) in [6, 6.07) is 0. The van der Waals surface area contributed by atoms with E-state index in [0.717, 1.165) is 0 Å². The molecule has 2 fully saturated rings. The van der Waals surface area contributed by atoms with Gasteiger partial charge >= 0.3 is 23.9 Å². The summed E-state index contributed by atoms with van der Waals surface area (Å²) in [5.41, 5.74) is -1.88. The second-order valence-electron chi connectivity index (χ2n) is 22.4. The zero-order chi connectivity index (χ0) is 58.6. The maximum absolute atomic E-state index is 11.5. The molecule has 74 heavy (non-hydrogen) atoms. The van der Waals surface area contributed by atoms with Gasteiger partial charge in [-0.2, -0.15) is 0 Å². The summed E-state index contributed by atoms with van der Waals surface area (Å²) in [4.78, 5) is 45.2. The van der Waals surface area contributed by atoms with Gasteiger partial charge in [0.1, 0.15) is 0 Å². The van der Waals surface area contributed by atoms with Gasteiger partial charge in [0.15, 0.2) is 11.6 Å². The molecule has 8 unspecified atom stereocenters. The second-order valence-corrected chi connectivity index (χ2v) is 23.0. The third kappa shape index (κ3) is 47.5. The van der Waals surface area contributed by atoms with Gasteiger partial charge in [-0.1, -0.05) is 5.82 Å². The normalized spacial score (nSPS) is 18.4. The van der Waals surface area contributed by atoms with Crippen LogP contribution in [0.15, 0.2) is 0 Å². The molecule has 24 heteroatoms. The Labute approximate surface area is 449 Å². The van der Waals surface area contributed by atoms with Crippen molar-refractivity contribution in [2.75, 3.05) is 79.3 Å². The number of hydrogen-bond acceptors (Lipinski definition) is 21. The Balaban J connectivity index is -0.000000403. The molecule has 0 aromatic carbocycles. The van der Waals surface area contributed by atoms with Crippen molar-refractivity contribution in [1.82, 2.24) is 0 Å². The first kappa shape index (κ1) is 78.8. The molecule has 0 saturated carbocycles. The minimum Gasteiger partial charge on any atom is -0.465 e. The zero-order valence-electron chi connectivity index (χ0n) is 47.8. The van der Waals surface area contributed by atoms with Crippen molar-refractivity contribution >= 4 is 50.7 Å². The molecule has 2 radical (unpaired) electrons. The molecule has 8 atom stereocenters. The van der Waals surface area contributed by atoms with Crippen LogP contribution in [0, 0.1) is 21.7 Å². The summed E-state index contributed by atoms with van der Waals surface area (Å²) in [6.45, 7) is 31.7. The molecule has 0 spiro atoms. The van der Waals surface area contributed by atoms with Crippen molar-refractivity contribution < 1.29 is 102 Å². The first-order valence-electron chi connectivity index (χ1n) is 25.0. The van der Waals surface area contributed by atoms with Crippen LogP contribution < -0.4 is 0 Å². The van der Waals surface area contributed by atoms with Crippen LogP contribution in [0.3, 0.4) is 0 Å². The number of aliphatic hydroxyl groups excluding tert-OH is 7. The van der Waals surface area contributed by atoms with Gasteiger partial charge in [0.25, 0.3) is 0 Å². The van der Waals surface area contributed by atoms with Crippen LogP contribution in [-0.2, 0) is 66.1 Å². The predicted molar refractivity (Wildman–Crippen MR) is 286 cm³/mol. The van der Waals surface area contributed by atoms with Crippen molar-refractivity contribution in [3.63, 3.8) is 0 Å². The maximum atomic E-state index is 11.5. The van der Waals surface area contributed by atoms with Crippen LogP contribution in [0.4, 0.5) is 0 Å². The van der Waals surface area contributed by atoms with Gasteiger partial charge < -0.3 is 82.7 Å². The lowest BCUT2D eigenvalue weighted by Gasteiger charge is -2.19. The lowest BCUT2D eigenvalue weighted by atomic mass is 9.86. The minimum atomic E-state index is -0.798. The SMILES string of the molecule is CC(C)(C)C(=O)OCCC(O)CO.CC(C)(C)C(=O)OCCC(O)COP.CC1(C)OCC(CCO)O1.CC1(C)OCC(CCOC(=O)C(C)(C)C)O1.OCCC(O)CO.[B]C(CCOC(=O)C(C)(C)C)COP. The Hall–Kier alpha value is -1.72. The van der Waals surface area contributed by atoms with E-state index in [-0.39, 0.29) is 101 Å². The number of carbonyl (C=O) groups excluding carboxylic acids is 4. The van der Waals surface area contributed by atoms with Crippen molar-refractivity contribution in [3.05, 3.63) is 0 Å². The highest BCUT2D eigenvalue weighted by molar-refractivity contribution is 7.10. The Morgan fingerprint density at radius 2 is 0.838 bits per heavy atom. The fourth-order valence-electron chi connectivity index (χ4n) is 4.71. The molecule has 2 aliphatic heterocycles. The summed E-state index contributed by atoms with van der Waals surface area (Å²) >= 11 is 0. The molecule has 0 aromatic rings. The smallest absolute Gasteiger partial charge is 0.311 e. The first-order chi connectivity index (χ1) is 33.8. The van der Waals surface area contributed by atoms with Crippen LogP contribution in [0.1, 0.15) is 149 Å². The fraction of sp³-hybridized carbons (Fsp3) is 0.920. The van der Waals surface area contributed by atoms with Crippen LogP contribution in [0.5, 0.6) is 0 Å². The first-order valence-corrected chi connectivity index (χ1v) is 25.9. The molecule has 21 nitrogen and oxygen atoms in total. The minimum absolute atomic E-state index is 0.0303. The lowest BCUT2D eigenvalue weighted by molar-refractivity contribution is -0.156. The Morgan fingerprint density at radius 3 is 1.12 bits per heavy atom. The van der Waals surface area contributed by atoms with Gasteiger partial charge in [-0.25, -0.2) is 0 Å². The summed E-state index contributed by atoms with van der Waals surface area (Å²) in [5.74, 6) is -1.95. The van der Waals surface area contributed by atoms with E-state index in [2.05, 4.69) is 23.5 Å². The standard InChI is InChI=1S/C12H22O4.C9H18BO3P.C9H19O4P.C9H18O4.C7H14O3.C4H10O3/c1-11(2,3)10(13)14-7-6-9-8-15-12(4,5)16-9;2*1-9(2,3)8(11)12-5-4-7(10)6-13-14;1-9(2,3)8(12)13-5-4-7(11)6-10;1-7(2)9-5-6(10-7)3-4-8;5-2-1-4(7)3-6/h9H,6-8H2,1-5H3;7H,4-6,14H2,1-3H3;7,10H,4-6,14H2,1-3H3;7,10-11H,4-6H2,1-3H3;6,8H,3-5H2,1-2H3;4-7H,1-3H2. The van der Waals surface area contributed by atoms with E-state index < -0.39 is 51.5 Å². The molecule has 7 N–H and O–H groups in total. The molecular formula is C50H101BO21P2. The van der Waals surface area contributed by atoms with E-state index in [4.69, 9.17) is 80.9 Å². The average Bonchev–Trinajstić information content (AvgIpc) is 3.81. The average molecular weight is 1110 g/mol. The number of hydrogen-bond donors (Lipinski definition) is 7. The zero-order valence-corrected chi connectivity index (χ0v) is 50.1. The van der Waals surface area contributed by atoms with E-state index >= 15 is 0 Å². The summed E-state index contributed by atoms with van der Waals surface area (Å²) in [6.07, 6.45) is 0.899. The van der Waals surface area contributed by atoms with Crippen molar-refractivity contribution in [2.24, 2.45) is 21.7 Å². The van der Waals surface area contributed by atoms with Gasteiger partial charge in [-0.3, -0.25) is 19.2 Å². The van der Waals surface area contributed by atoms with Gasteiger partial charge in [0, 0.05) is 58.0 Å². The molecule has 0 amide bonds. The lowest BCUT2D eigenvalue weighted by Crippen LogP contribution is -2.25. The van der Waals surface area contributed by atoms with Crippen molar-refractivity contribution in [3.8, 4) is 0 Å². The Kier molecular flexibility index (Phi) is 44.0. The number of rotatable bonds is 22. The molecule has 440 valence electrons. The number of aliphatic hydroxyl groups is 7. The molecular weight excluding hydrogens is 1010 g/mol. The van der Waals surface area contributed by atoms with Gasteiger partial charge in [0.05, 0.1) is 119 Å². The maximum Gasteiger partial charge on any atom is 0.311 e. The van der Waals surface area contributed by atoms with Gasteiger partial charge in [-0.15, -0.1) is 0 Å². The molecule has 2 aliphatic rings. The van der Waals surface area contributed by atoms with Gasteiger partial charge in [0.2, 0.25) is 0 Å². The molecule has 2 rings (SSSR count). The number of esters is 4. The van der Waals surface area contributed by atoms with Crippen LogP contribution in [0.25, 0.3) is 0 Å². The summed E-state index contributed by atoms with van der Waals surface area (Å²) < 4.78 is 51.2. The molecule has 0 aromatic heterocycles. The van der Waals surface area contributed by atoms with Gasteiger partial charge in [-0.05, 0) is 130 Å². The van der Waals surface area contributed by atoms with E-state index in [1.54, 1.807) is 41.5 Å². The molecule has 2 heterocycles. The van der Waals surface area contributed by atoms with Crippen molar-refractivity contribution in [1.29, 1.82) is 0 Å². The molecule has 2 saturated heterocycles. The highest BCUT2D eigenvalue weighted by atomic mass is 31.0. The van der Waals surface area contributed by atoms with E-state index in [1.807, 2.05) is 69.2 Å². The highest BCUT2D eigenvalue weighted by Crippen LogP contribution is 2.25. The summed E-state index contributed by atoms with van der Waals surface area (Å²) in [5, 5.41) is 59.8.